The Morgan fingerprint density at radius 2 is 2.24 bits per heavy atom. The molecule has 6 heteroatoms. The lowest BCUT2D eigenvalue weighted by molar-refractivity contribution is 0.275. The molecule has 0 amide bonds. The van der Waals surface area contributed by atoms with E-state index in [-0.39, 0.29) is 0 Å². The second kappa shape index (κ2) is 9.61. The van der Waals surface area contributed by atoms with Crippen LogP contribution in [-0.4, -0.2) is 61.7 Å². The number of nitrogens with one attached hydrogen (secondary N) is 2. The van der Waals surface area contributed by atoms with Crippen LogP contribution in [0.1, 0.15) is 32.1 Å². The third kappa shape index (κ3) is 5.88. The quantitative estimate of drug-likeness (QED) is 0.449. The zero-order valence-corrected chi connectivity index (χ0v) is 15.3. The highest BCUT2D eigenvalue weighted by atomic mass is 16.5. The molecule has 2 fully saturated rings. The summed E-state index contributed by atoms with van der Waals surface area (Å²) in [6.07, 6.45) is 10.4. The summed E-state index contributed by atoms with van der Waals surface area (Å²) in [5.41, 5.74) is 0. The van der Waals surface area contributed by atoms with E-state index in [0.29, 0.717) is 19.2 Å². The maximum Gasteiger partial charge on any atom is 0.191 e. The molecule has 2 N–H and O–H groups in total. The van der Waals surface area contributed by atoms with E-state index in [1.807, 2.05) is 19.2 Å². The zero-order valence-electron chi connectivity index (χ0n) is 15.3. The average molecular weight is 345 g/mol. The zero-order chi connectivity index (χ0) is 17.3. The van der Waals surface area contributed by atoms with Crippen molar-refractivity contribution in [3.8, 4) is 5.75 Å². The van der Waals surface area contributed by atoms with Crippen LogP contribution in [0, 0.1) is 5.92 Å². The Kier molecular flexibility index (Phi) is 6.91. The van der Waals surface area contributed by atoms with Gasteiger partial charge in [-0.15, -0.1) is 0 Å². The van der Waals surface area contributed by atoms with Gasteiger partial charge in [0, 0.05) is 38.9 Å². The van der Waals surface area contributed by atoms with E-state index in [2.05, 4.69) is 25.5 Å². The first-order valence-corrected chi connectivity index (χ1v) is 9.56. The molecule has 1 aromatic heterocycles. The molecule has 138 valence electrons. The number of likely N-dealkylation sites (tertiary alicyclic amines) is 1. The fraction of sp³-hybridized carbons (Fsp3) is 0.684. The van der Waals surface area contributed by atoms with Gasteiger partial charge in [0.15, 0.2) is 5.96 Å². The standard InChI is InChI=1S/C19H31N5O/c1-20-19(22-10-12-25-18-7-4-9-21-13-18)23-17-8-11-24(15-17)14-16-5-2-3-6-16/h4,7,9,13,16-17H,2-3,5-6,8,10-12,14-15H2,1H3,(H2,20,22,23). The first kappa shape index (κ1) is 18.0. The molecule has 1 unspecified atom stereocenters. The molecule has 1 aliphatic carbocycles. The number of pyridine rings is 1. The second-order valence-corrected chi connectivity index (χ2v) is 7.08. The van der Waals surface area contributed by atoms with E-state index in [4.69, 9.17) is 4.74 Å². The predicted octanol–water partition coefficient (Wildman–Crippen LogP) is 1.89. The summed E-state index contributed by atoms with van der Waals surface area (Å²) in [7, 11) is 1.82. The Bertz CT molecular complexity index is 530. The maximum atomic E-state index is 5.65. The lowest BCUT2D eigenvalue weighted by Crippen LogP contribution is -2.45. The van der Waals surface area contributed by atoms with Crippen LogP contribution in [0.15, 0.2) is 29.5 Å². The van der Waals surface area contributed by atoms with Gasteiger partial charge in [0.1, 0.15) is 12.4 Å². The second-order valence-electron chi connectivity index (χ2n) is 7.08. The number of hydrogen-bond acceptors (Lipinski definition) is 4. The molecular weight excluding hydrogens is 314 g/mol. The molecule has 0 aromatic carbocycles. The van der Waals surface area contributed by atoms with Gasteiger partial charge in [-0.1, -0.05) is 12.8 Å². The third-order valence-corrected chi connectivity index (χ3v) is 5.13. The normalized spacial score (nSPS) is 22.3. The SMILES string of the molecule is CN=C(NCCOc1cccnc1)NC1CCN(CC2CCCC2)C1. The van der Waals surface area contributed by atoms with E-state index < -0.39 is 0 Å². The molecule has 1 aliphatic heterocycles. The van der Waals surface area contributed by atoms with E-state index in [9.17, 15) is 0 Å². The van der Waals surface area contributed by atoms with Gasteiger partial charge in [0.05, 0.1) is 12.7 Å². The van der Waals surface area contributed by atoms with Crippen LogP contribution in [0.3, 0.4) is 0 Å². The van der Waals surface area contributed by atoms with E-state index in [0.717, 1.165) is 24.2 Å². The molecule has 0 bridgehead atoms. The van der Waals surface area contributed by atoms with Gasteiger partial charge in [-0.25, -0.2) is 0 Å². The minimum atomic E-state index is 0.492. The summed E-state index contributed by atoms with van der Waals surface area (Å²) in [4.78, 5) is 11.0. The Hall–Kier alpha value is -1.82. The minimum absolute atomic E-state index is 0.492. The molecule has 0 spiro atoms. The van der Waals surface area contributed by atoms with Crippen molar-refractivity contribution in [2.75, 3.05) is 39.8 Å². The van der Waals surface area contributed by atoms with Gasteiger partial charge in [-0.2, -0.15) is 0 Å². The van der Waals surface area contributed by atoms with E-state index in [1.54, 1.807) is 12.4 Å². The van der Waals surface area contributed by atoms with Crippen LogP contribution in [0.25, 0.3) is 0 Å². The van der Waals surface area contributed by atoms with Crippen LogP contribution in [0.4, 0.5) is 0 Å². The maximum absolute atomic E-state index is 5.65. The molecule has 25 heavy (non-hydrogen) atoms. The largest absolute Gasteiger partial charge is 0.490 e. The first-order valence-electron chi connectivity index (χ1n) is 9.56. The van der Waals surface area contributed by atoms with Gasteiger partial charge in [0.2, 0.25) is 0 Å². The molecule has 6 nitrogen and oxygen atoms in total. The first-order chi connectivity index (χ1) is 12.3. The number of ether oxygens (including phenoxy) is 1. The topological polar surface area (TPSA) is 61.8 Å². The molecule has 1 aromatic rings. The summed E-state index contributed by atoms with van der Waals surface area (Å²) in [5, 5.41) is 6.88. The number of guanidine groups is 1. The smallest absolute Gasteiger partial charge is 0.191 e. The minimum Gasteiger partial charge on any atom is -0.490 e. The summed E-state index contributed by atoms with van der Waals surface area (Å²) in [6.45, 7) is 4.92. The third-order valence-electron chi connectivity index (χ3n) is 5.13. The summed E-state index contributed by atoms with van der Waals surface area (Å²) in [6, 6.07) is 4.28. The molecule has 1 saturated heterocycles. The van der Waals surface area contributed by atoms with Crippen molar-refractivity contribution in [3.63, 3.8) is 0 Å². The highest BCUT2D eigenvalue weighted by Gasteiger charge is 2.26. The van der Waals surface area contributed by atoms with Gasteiger partial charge < -0.3 is 20.3 Å². The van der Waals surface area contributed by atoms with Crippen molar-refractivity contribution in [2.45, 2.75) is 38.1 Å². The lowest BCUT2D eigenvalue weighted by atomic mass is 10.1. The summed E-state index contributed by atoms with van der Waals surface area (Å²) >= 11 is 0. The Balaban J connectivity index is 1.32. The molecule has 3 rings (SSSR count). The number of aliphatic imine (C=N–C) groups is 1. The van der Waals surface area contributed by atoms with Crippen molar-refractivity contribution in [3.05, 3.63) is 24.5 Å². The van der Waals surface area contributed by atoms with Gasteiger partial charge in [-0.3, -0.25) is 9.98 Å². The molecule has 0 radical (unpaired) electrons. The fourth-order valence-corrected chi connectivity index (χ4v) is 3.83. The van der Waals surface area contributed by atoms with Crippen LogP contribution in [-0.2, 0) is 0 Å². The van der Waals surface area contributed by atoms with Gasteiger partial charge >= 0.3 is 0 Å². The van der Waals surface area contributed by atoms with Crippen LogP contribution in [0.2, 0.25) is 0 Å². The number of aromatic nitrogens is 1. The number of hydrogen-bond donors (Lipinski definition) is 2. The number of rotatable bonds is 7. The van der Waals surface area contributed by atoms with Crippen molar-refractivity contribution in [2.24, 2.45) is 10.9 Å². The van der Waals surface area contributed by atoms with Crippen LogP contribution < -0.4 is 15.4 Å². The van der Waals surface area contributed by atoms with Gasteiger partial charge in [0.25, 0.3) is 0 Å². The van der Waals surface area contributed by atoms with Crippen molar-refractivity contribution in [1.29, 1.82) is 0 Å². The fourth-order valence-electron chi connectivity index (χ4n) is 3.83. The Morgan fingerprint density at radius 1 is 1.36 bits per heavy atom. The van der Waals surface area contributed by atoms with Crippen molar-refractivity contribution < 1.29 is 4.74 Å². The van der Waals surface area contributed by atoms with Crippen LogP contribution in [0.5, 0.6) is 5.75 Å². The molecular formula is C19H31N5O. The lowest BCUT2D eigenvalue weighted by Gasteiger charge is -2.21. The van der Waals surface area contributed by atoms with Crippen molar-refractivity contribution >= 4 is 5.96 Å². The molecule has 2 aliphatic rings. The Morgan fingerprint density at radius 3 is 3.00 bits per heavy atom. The highest BCUT2D eigenvalue weighted by molar-refractivity contribution is 5.80. The molecule has 1 atom stereocenters. The summed E-state index contributed by atoms with van der Waals surface area (Å²) in [5.74, 6) is 2.59. The number of nitrogens with zero attached hydrogens (tertiary/aromatic N) is 3. The van der Waals surface area contributed by atoms with E-state index in [1.165, 1.54) is 45.2 Å². The predicted molar refractivity (Wildman–Crippen MR) is 101 cm³/mol. The molecule has 2 heterocycles. The summed E-state index contributed by atoms with van der Waals surface area (Å²) < 4.78 is 5.65. The van der Waals surface area contributed by atoms with Crippen LogP contribution >= 0.6 is 0 Å². The van der Waals surface area contributed by atoms with E-state index >= 15 is 0 Å². The van der Waals surface area contributed by atoms with Crippen molar-refractivity contribution in [1.82, 2.24) is 20.5 Å². The molecule has 1 saturated carbocycles. The monoisotopic (exact) mass is 345 g/mol. The Labute approximate surface area is 151 Å². The average Bonchev–Trinajstić information content (AvgIpc) is 3.31. The highest BCUT2D eigenvalue weighted by Crippen LogP contribution is 2.26. The van der Waals surface area contributed by atoms with Gasteiger partial charge in [-0.05, 0) is 37.3 Å².